The maximum absolute atomic E-state index is 12.0. The SMILES string of the molecule is O=C(NCc1nnc(-c2ccncc2)o1)c1cccc(Cl)c1. The molecule has 0 atom stereocenters. The van der Waals surface area contributed by atoms with E-state index in [1.54, 1.807) is 48.8 Å². The zero-order chi connectivity index (χ0) is 15.4. The largest absolute Gasteiger partial charge is 0.419 e. The molecule has 0 fully saturated rings. The number of hydrogen-bond donors (Lipinski definition) is 1. The highest BCUT2D eigenvalue weighted by Crippen LogP contribution is 2.16. The van der Waals surface area contributed by atoms with Crippen LogP contribution in [0, 0.1) is 0 Å². The van der Waals surface area contributed by atoms with E-state index in [0.29, 0.717) is 22.4 Å². The van der Waals surface area contributed by atoms with E-state index in [1.807, 2.05) is 0 Å². The normalized spacial score (nSPS) is 10.4. The molecule has 0 radical (unpaired) electrons. The molecule has 22 heavy (non-hydrogen) atoms. The van der Waals surface area contributed by atoms with Gasteiger partial charge in [0.25, 0.3) is 5.91 Å². The third kappa shape index (κ3) is 3.29. The molecule has 3 aromatic rings. The van der Waals surface area contributed by atoms with Crippen molar-refractivity contribution in [3.05, 3.63) is 65.3 Å². The number of carbonyl (C=O) groups excluding carboxylic acids is 1. The summed E-state index contributed by atoms with van der Waals surface area (Å²) >= 11 is 5.85. The Morgan fingerprint density at radius 2 is 2.00 bits per heavy atom. The third-order valence-electron chi connectivity index (χ3n) is 2.88. The molecule has 0 aliphatic rings. The van der Waals surface area contributed by atoms with Crippen LogP contribution in [0.15, 0.2) is 53.2 Å². The van der Waals surface area contributed by atoms with Crippen LogP contribution in [0.1, 0.15) is 16.2 Å². The van der Waals surface area contributed by atoms with Crippen molar-refractivity contribution in [3.8, 4) is 11.5 Å². The lowest BCUT2D eigenvalue weighted by Crippen LogP contribution is -2.22. The summed E-state index contributed by atoms with van der Waals surface area (Å²) in [5.41, 5.74) is 1.25. The first kappa shape index (κ1) is 14.2. The number of hydrogen-bond acceptors (Lipinski definition) is 5. The van der Waals surface area contributed by atoms with Crippen LogP contribution < -0.4 is 5.32 Å². The molecule has 6 nitrogen and oxygen atoms in total. The van der Waals surface area contributed by atoms with Crippen molar-refractivity contribution in [2.24, 2.45) is 0 Å². The number of carbonyl (C=O) groups is 1. The Labute approximate surface area is 131 Å². The molecular weight excluding hydrogens is 304 g/mol. The molecule has 1 amide bonds. The van der Waals surface area contributed by atoms with Crippen molar-refractivity contribution in [2.45, 2.75) is 6.54 Å². The van der Waals surface area contributed by atoms with E-state index in [-0.39, 0.29) is 12.5 Å². The molecule has 2 heterocycles. The molecule has 0 saturated carbocycles. The fourth-order valence-corrected chi connectivity index (χ4v) is 2.01. The summed E-state index contributed by atoms with van der Waals surface area (Å²) in [4.78, 5) is 15.9. The maximum Gasteiger partial charge on any atom is 0.251 e. The fourth-order valence-electron chi connectivity index (χ4n) is 1.82. The zero-order valence-corrected chi connectivity index (χ0v) is 12.1. The quantitative estimate of drug-likeness (QED) is 0.800. The monoisotopic (exact) mass is 314 g/mol. The van der Waals surface area contributed by atoms with Crippen LogP contribution in [0.2, 0.25) is 5.02 Å². The van der Waals surface area contributed by atoms with E-state index in [4.69, 9.17) is 16.0 Å². The van der Waals surface area contributed by atoms with Crippen molar-refractivity contribution in [2.75, 3.05) is 0 Å². The number of halogens is 1. The lowest BCUT2D eigenvalue weighted by atomic mass is 10.2. The molecule has 7 heteroatoms. The van der Waals surface area contributed by atoms with Crippen molar-refractivity contribution in [3.63, 3.8) is 0 Å². The first-order valence-electron chi connectivity index (χ1n) is 6.49. The van der Waals surface area contributed by atoms with Gasteiger partial charge in [-0.05, 0) is 30.3 Å². The Bertz CT molecular complexity index is 789. The molecule has 0 bridgehead atoms. The van der Waals surface area contributed by atoms with E-state index in [1.165, 1.54) is 0 Å². The van der Waals surface area contributed by atoms with Crippen LogP contribution in [0.5, 0.6) is 0 Å². The van der Waals surface area contributed by atoms with Gasteiger partial charge in [-0.25, -0.2) is 0 Å². The first-order chi connectivity index (χ1) is 10.7. The summed E-state index contributed by atoms with van der Waals surface area (Å²) in [5.74, 6) is 0.447. The number of aromatic nitrogens is 3. The van der Waals surface area contributed by atoms with Gasteiger partial charge in [-0.1, -0.05) is 17.7 Å². The second-order valence-electron chi connectivity index (χ2n) is 4.43. The first-order valence-corrected chi connectivity index (χ1v) is 6.87. The highest BCUT2D eigenvalue weighted by atomic mass is 35.5. The van der Waals surface area contributed by atoms with Gasteiger partial charge in [0.1, 0.15) is 0 Å². The molecule has 0 unspecified atom stereocenters. The second-order valence-corrected chi connectivity index (χ2v) is 4.87. The molecule has 1 aromatic carbocycles. The standard InChI is InChI=1S/C15H11ClN4O2/c16-12-3-1-2-11(8-12)14(21)18-9-13-19-20-15(22-13)10-4-6-17-7-5-10/h1-8H,9H2,(H,18,21). The van der Waals surface area contributed by atoms with Gasteiger partial charge in [0.05, 0.1) is 6.54 Å². The molecule has 2 aromatic heterocycles. The molecule has 1 N–H and O–H groups in total. The summed E-state index contributed by atoms with van der Waals surface area (Å²) < 4.78 is 5.49. The molecule has 0 spiro atoms. The fraction of sp³-hybridized carbons (Fsp3) is 0.0667. The van der Waals surface area contributed by atoms with Crippen LogP contribution in [0.3, 0.4) is 0 Å². The third-order valence-corrected chi connectivity index (χ3v) is 3.12. The Balaban J connectivity index is 1.65. The molecular formula is C15H11ClN4O2. The number of nitrogens with zero attached hydrogens (tertiary/aromatic N) is 3. The van der Waals surface area contributed by atoms with E-state index in [0.717, 1.165) is 5.56 Å². The maximum atomic E-state index is 12.0. The van der Waals surface area contributed by atoms with Crippen LogP contribution in [-0.2, 0) is 6.54 Å². The van der Waals surface area contributed by atoms with E-state index < -0.39 is 0 Å². The molecule has 3 rings (SSSR count). The van der Waals surface area contributed by atoms with Crippen molar-refractivity contribution in [1.82, 2.24) is 20.5 Å². The van der Waals surface area contributed by atoms with Gasteiger partial charge in [-0.3, -0.25) is 9.78 Å². The van der Waals surface area contributed by atoms with Crippen LogP contribution >= 0.6 is 11.6 Å². The van der Waals surface area contributed by atoms with E-state index >= 15 is 0 Å². The minimum Gasteiger partial charge on any atom is -0.419 e. The van der Waals surface area contributed by atoms with Crippen molar-refractivity contribution < 1.29 is 9.21 Å². The van der Waals surface area contributed by atoms with Gasteiger partial charge in [0.15, 0.2) is 0 Å². The summed E-state index contributed by atoms with van der Waals surface area (Å²) in [7, 11) is 0. The summed E-state index contributed by atoms with van der Waals surface area (Å²) in [6.07, 6.45) is 3.28. The summed E-state index contributed by atoms with van der Waals surface area (Å²) in [5, 5.41) is 11.0. The Morgan fingerprint density at radius 3 is 2.77 bits per heavy atom. The Hall–Kier alpha value is -2.73. The average molecular weight is 315 g/mol. The van der Waals surface area contributed by atoms with E-state index in [9.17, 15) is 4.79 Å². The topological polar surface area (TPSA) is 80.9 Å². The lowest BCUT2D eigenvalue weighted by Gasteiger charge is -2.02. The average Bonchev–Trinajstić information content (AvgIpc) is 3.02. The van der Waals surface area contributed by atoms with Gasteiger partial charge >= 0.3 is 0 Å². The van der Waals surface area contributed by atoms with Crippen molar-refractivity contribution in [1.29, 1.82) is 0 Å². The van der Waals surface area contributed by atoms with Gasteiger partial charge in [-0.15, -0.1) is 10.2 Å². The van der Waals surface area contributed by atoms with Gasteiger partial charge in [0.2, 0.25) is 11.8 Å². The summed E-state index contributed by atoms with van der Waals surface area (Å²) in [6, 6.07) is 10.2. The molecule has 110 valence electrons. The number of benzene rings is 1. The Morgan fingerprint density at radius 1 is 1.18 bits per heavy atom. The predicted molar refractivity (Wildman–Crippen MR) is 80.2 cm³/mol. The van der Waals surface area contributed by atoms with Crippen LogP contribution in [0.25, 0.3) is 11.5 Å². The number of nitrogens with one attached hydrogen (secondary N) is 1. The predicted octanol–water partition coefficient (Wildman–Crippen LogP) is 2.72. The molecule has 0 saturated heterocycles. The van der Waals surface area contributed by atoms with Crippen molar-refractivity contribution >= 4 is 17.5 Å². The smallest absolute Gasteiger partial charge is 0.251 e. The minimum atomic E-state index is -0.258. The summed E-state index contributed by atoms with van der Waals surface area (Å²) in [6.45, 7) is 0.142. The highest BCUT2D eigenvalue weighted by molar-refractivity contribution is 6.30. The highest BCUT2D eigenvalue weighted by Gasteiger charge is 2.10. The number of rotatable bonds is 4. The van der Waals surface area contributed by atoms with Gasteiger partial charge in [0, 0.05) is 28.5 Å². The minimum absolute atomic E-state index is 0.142. The van der Waals surface area contributed by atoms with Crippen LogP contribution in [0.4, 0.5) is 0 Å². The molecule has 0 aliphatic carbocycles. The van der Waals surface area contributed by atoms with E-state index in [2.05, 4.69) is 20.5 Å². The Kier molecular flexibility index (Phi) is 4.11. The molecule has 0 aliphatic heterocycles. The zero-order valence-electron chi connectivity index (χ0n) is 11.4. The van der Waals surface area contributed by atoms with Crippen LogP contribution in [-0.4, -0.2) is 21.1 Å². The lowest BCUT2D eigenvalue weighted by molar-refractivity contribution is 0.0947. The van der Waals surface area contributed by atoms with Gasteiger partial charge < -0.3 is 9.73 Å². The number of amides is 1. The second kappa shape index (κ2) is 6.36. The number of pyridine rings is 1. The van der Waals surface area contributed by atoms with Gasteiger partial charge in [-0.2, -0.15) is 0 Å².